The van der Waals surface area contributed by atoms with Gasteiger partial charge in [0.25, 0.3) is 5.91 Å². The van der Waals surface area contributed by atoms with Gasteiger partial charge in [-0.1, -0.05) is 0 Å². The number of nitrogens with zero attached hydrogens (tertiary/aromatic N) is 1. The molecule has 0 aromatic heterocycles. The number of hydrogen-bond acceptors (Lipinski definition) is 5. The van der Waals surface area contributed by atoms with Gasteiger partial charge in [0.05, 0.1) is 18.8 Å². The second-order valence-electron chi connectivity index (χ2n) is 4.30. The van der Waals surface area contributed by atoms with Crippen molar-refractivity contribution in [2.24, 2.45) is 0 Å². The SMILES string of the molecule is COc1cc(C(=O)N2CC[C@@H](O)C2)c(N)cc1O. The number of aliphatic hydroxyl groups excluding tert-OH is 1. The highest BCUT2D eigenvalue weighted by Gasteiger charge is 2.27. The van der Waals surface area contributed by atoms with E-state index in [4.69, 9.17) is 10.5 Å². The lowest BCUT2D eigenvalue weighted by molar-refractivity contribution is 0.0765. The first-order chi connectivity index (χ1) is 8.52. The fourth-order valence-electron chi connectivity index (χ4n) is 2.03. The van der Waals surface area contributed by atoms with Crippen molar-refractivity contribution in [3.63, 3.8) is 0 Å². The lowest BCUT2D eigenvalue weighted by atomic mass is 10.1. The Labute approximate surface area is 105 Å². The minimum absolute atomic E-state index is 0.104. The van der Waals surface area contributed by atoms with Crippen LogP contribution in [0.4, 0.5) is 5.69 Å². The zero-order valence-electron chi connectivity index (χ0n) is 10.1. The van der Waals surface area contributed by atoms with Gasteiger partial charge < -0.3 is 25.6 Å². The third-order valence-corrected chi connectivity index (χ3v) is 3.03. The number of nitrogen functional groups attached to an aromatic ring is 1. The van der Waals surface area contributed by atoms with E-state index in [0.717, 1.165) is 0 Å². The summed E-state index contributed by atoms with van der Waals surface area (Å²) in [6, 6.07) is 2.70. The van der Waals surface area contributed by atoms with Crippen molar-refractivity contribution >= 4 is 11.6 Å². The van der Waals surface area contributed by atoms with E-state index in [1.165, 1.54) is 24.1 Å². The molecule has 1 amide bonds. The molecule has 0 radical (unpaired) electrons. The molecule has 98 valence electrons. The van der Waals surface area contributed by atoms with Crippen molar-refractivity contribution in [1.82, 2.24) is 4.90 Å². The van der Waals surface area contributed by atoms with Crippen LogP contribution in [0.2, 0.25) is 0 Å². The summed E-state index contributed by atoms with van der Waals surface area (Å²) in [5.74, 6) is -0.164. The Kier molecular flexibility index (Phi) is 3.29. The van der Waals surface area contributed by atoms with Gasteiger partial charge in [-0.15, -0.1) is 0 Å². The molecule has 0 unspecified atom stereocenters. The zero-order valence-corrected chi connectivity index (χ0v) is 10.1. The van der Waals surface area contributed by atoms with Gasteiger partial charge in [0.2, 0.25) is 0 Å². The Bertz CT molecular complexity index is 475. The largest absolute Gasteiger partial charge is 0.504 e. The second kappa shape index (κ2) is 4.73. The third-order valence-electron chi connectivity index (χ3n) is 3.03. The summed E-state index contributed by atoms with van der Waals surface area (Å²) in [6.45, 7) is 0.810. The number of phenolic OH excluding ortho intramolecular Hbond substituents is 1. The molecular formula is C12H16N2O4. The summed E-state index contributed by atoms with van der Waals surface area (Å²) < 4.78 is 4.95. The molecule has 1 aromatic rings. The monoisotopic (exact) mass is 252 g/mol. The van der Waals surface area contributed by atoms with Crippen LogP contribution in [0.1, 0.15) is 16.8 Å². The number of ether oxygens (including phenoxy) is 1. The van der Waals surface area contributed by atoms with E-state index in [2.05, 4.69) is 0 Å². The lowest BCUT2D eigenvalue weighted by Crippen LogP contribution is -2.30. The molecule has 1 aliphatic rings. The zero-order chi connectivity index (χ0) is 13.3. The molecule has 1 aliphatic heterocycles. The number of aromatic hydroxyl groups is 1. The van der Waals surface area contributed by atoms with E-state index in [0.29, 0.717) is 19.5 Å². The number of hydrogen-bond donors (Lipinski definition) is 3. The van der Waals surface area contributed by atoms with Crippen molar-refractivity contribution in [3.05, 3.63) is 17.7 Å². The standard InChI is InChI=1S/C12H16N2O4/c1-18-11-4-8(9(13)5-10(11)16)12(17)14-3-2-7(15)6-14/h4-5,7,15-16H,2-3,6,13H2,1H3/t7-/m1/s1. The number of methoxy groups -OCH3 is 1. The van der Waals surface area contributed by atoms with Crippen LogP contribution in [0.5, 0.6) is 11.5 Å². The first-order valence-electron chi connectivity index (χ1n) is 5.66. The number of likely N-dealkylation sites (tertiary alicyclic amines) is 1. The number of carbonyl (C=O) groups excluding carboxylic acids is 1. The third kappa shape index (κ3) is 2.19. The van der Waals surface area contributed by atoms with Crippen LogP contribution < -0.4 is 10.5 Å². The Morgan fingerprint density at radius 1 is 1.56 bits per heavy atom. The molecule has 1 saturated heterocycles. The smallest absolute Gasteiger partial charge is 0.256 e. The first kappa shape index (κ1) is 12.5. The predicted molar refractivity (Wildman–Crippen MR) is 65.6 cm³/mol. The van der Waals surface area contributed by atoms with Crippen molar-refractivity contribution in [1.29, 1.82) is 0 Å². The molecule has 4 N–H and O–H groups in total. The molecule has 6 heteroatoms. The number of nitrogens with two attached hydrogens (primary N) is 1. The average Bonchev–Trinajstić information content (AvgIpc) is 2.75. The van der Waals surface area contributed by atoms with Crippen molar-refractivity contribution < 1.29 is 19.7 Å². The lowest BCUT2D eigenvalue weighted by Gasteiger charge is -2.17. The fraction of sp³-hybridized carbons (Fsp3) is 0.417. The van der Waals surface area contributed by atoms with E-state index in [9.17, 15) is 15.0 Å². The summed E-state index contributed by atoms with van der Waals surface area (Å²) in [5.41, 5.74) is 6.19. The van der Waals surface area contributed by atoms with Gasteiger partial charge >= 0.3 is 0 Å². The Morgan fingerprint density at radius 2 is 2.28 bits per heavy atom. The molecular weight excluding hydrogens is 236 g/mol. The van der Waals surface area contributed by atoms with Crippen molar-refractivity contribution in [2.75, 3.05) is 25.9 Å². The summed E-state index contributed by atoms with van der Waals surface area (Å²) in [5, 5.41) is 19.0. The Morgan fingerprint density at radius 3 is 2.83 bits per heavy atom. The van der Waals surface area contributed by atoms with Crippen LogP contribution in [0, 0.1) is 0 Å². The molecule has 1 aromatic carbocycles. The number of β-amino-alcohol motifs (C(OH)–C–C–N with tert-alkyl or cyclic N) is 1. The first-order valence-corrected chi connectivity index (χ1v) is 5.66. The second-order valence-corrected chi connectivity index (χ2v) is 4.30. The number of amides is 1. The topological polar surface area (TPSA) is 96.0 Å². The number of phenols is 1. The highest BCUT2D eigenvalue weighted by molar-refractivity contribution is 6.00. The van der Waals surface area contributed by atoms with Gasteiger partial charge in [-0.3, -0.25) is 4.79 Å². The van der Waals surface area contributed by atoms with E-state index in [1.54, 1.807) is 0 Å². The molecule has 1 atom stereocenters. The van der Waals surface area contributed by atoms with E-state index >= 15 is 0 Å². The molecule has 0 aliphatic carbocycles. The maximum Gasteiger partial charge on any atom is 0.256 e. The number of benzene rings is 1. The minimum Gasteiger partial charge on any atom is -0.504 e. The molecule has 1 fully saturated rings. The Balaban J connectivity index is 2.30. The van der Waals surface area contributed by atoms with E-state index in [1.807, 2.05) is 0 Å². The maximum atomic E-state index is 12.2. The Hall–Kier alpha value is -1.95. The quantitative estimate of drug-likeness (QED) is 0.653. The highest BCUT2D eigenvalue weighted by atomic mass is 16.5. The van der Waals surface area contributed by atoms with Gasteiger partial charge in [-0.25, -0.2) is 0 Å². The van der Waals surface area contributed by atoms with Gasteiger partial charge in [-0.2, -0.15) is 0 Å². The van der Waals surface area contributed by atoms with Gasteiger partial charge in [-0.05, 0) is 12.5 Å². The number of aliphatic hydroxyl groups is 1. The molecule has 6 nitrogen and oxygen atoms in total. The molecule has 0 saturated carbocycles. The summed E-state index contributed by atoms with van der Waals surface area (Å²) in [4.78, 5) is 13.7. The molecule has 2 rings (SSSR count). The van der Waals surface area contributed by atoms with Crippen LogP contribution in [0.25, 0.3) is 0 Å². The highest BCUT2D eigenvalue weighted by Crippen LogP contribution is 2.31. The van der Waals surface area contributed by atoms with Crippen LogP contribution >= 0.6 is 0 Å². The molecule has 1 heterocycles. The van der Waals surface area contributed by atoms with E-state index in [-0.39, 0.29) is 28.7 Å². The number of carbonyl (C=O) groups is 1. The number of anilines is 1. The number of rotatable bonds is 2. The van der Waals surface area contributed by atoms with Crippen LogP contribution in [-0.4, -0.2) is 47.3 Å². The van der Waals surface area contributed by atoms with Crippen LogP contribution in [0.15, 0.2) is 12.1 Å². The molecule has 0 spiro atoms. The van der Waals surface area contributed by atoms with Gasteiger partial charge in [0, 0.05) is 24.8 Å². The average molecular weight is 252 g/mol. The van der Waals surface area contributed by atoms with Crippen molar-refractivity contribution in [2.45, 2.75) is 12.5 Å². The molecule has 0 bridgehead atoms. The minimum atomic E-state index is -0.478. The summed E-state index contributed by atoms with van der Waals surface area (Å²) >= 11 is 0. The normalized spacial score (nSPS) is 19.0. The molecule has 18 heavy (non-hydrogen) atoms. The predicted octanol–water partition coefficient (Wildman–Crippen LogP) is 0.190. The summed E-state index contributed by atoms with van der Waals surface area (Å²) in [6.07, 6.45) is 0.0927. The van der Waals surface area contributed by atoms with Crippen LogP contribution in [0.3, 0.4) is 0 Å². The van der Waals surface area contributed by atoms with E-state index < -0.39 is 6.10 Å². The van der Waals surface area contributed by atoms with Crippen LogP contribution in [-0.2, 0) is 0 Å². The summed E-state index contributed by atoms with van der Waals surface area (Å²) in [7, 11) is 1.40. The van der Waals surface area contributed by atoms with Gasteiger partial charge in [0.1, 0.15) is 0 Å². The fourth-order valence-corrected chi connectivity index (χ4v) is 2.03. The maximum absolute atomic E-state index is 12.2. The van der Waals surface area contributed by atoms with Crippen molar-refractivity contribution in [3.8, 4) is 11.5 Å². The van der Waals surface area contributed by atoms with Gasteiger partial charge in [0.15, 0.2) is 11.5 Å².